The van der Waals surface area contributed by atoms with Crippen molar-refractivity contribution in [2.75, 3.05) is 17.1 Å². The summed E-state index contributed by atoms with van der Waals surface area (Å²) in [5.74, 6) is -2.85. The van der Waals surface area contributed by atoms with Gasteiger partial charge in [-0.3, -0.25) is 9.10 Å². The summed E-state index contributed by atoms with van der Waals surface area (Å²) in [7, 11) is -3.77. The third-order valence-corrected chi connectivity index (χ3v) is 5.89. The fraction of sp³-hybridized carbons (Fsp3) is 0.174. The molecule has 168 valence electrons. The third kappa shape index (κ3) is 6.10. The van der Waals surface area contributed by atoms with Gasteiger partial charge in [-0.1, -0.05) is 24.3 Å². The van der Waals surface area contributed by atoms with Crippen LogP contribution in [0.3, 0.4) is 0 Å². The molecule has 0 heterocycles. The van der Waals surface area contributed by atoms with Gasteiger partial charge in [-0.25, -0.2) is 21.6 Å². The first kappa shape index (κ1) is 23.3. The molecule has 0 spiro atoms. The van der Waals surface area contributed by atoms with Gasteiger partial charge in [-0.15, -0.1) is 0 Å². The molecule has 0 aliphatic heterocycles. The van der Waals surface area contributed by atoms with E-state index in [1.54, 1.807) is 36.4 Å². The number of halogens is 3. The summed E-state index contributed by atoms with van der Waals surface area (Å²) in [5, 5.41) is 2.77. The summed E-state index contributed by atoms with van der Waals surface area (Å²) in [6, 6.07) is 15.2. The quantitative estimate of drug-likeness (QED) is 0.550. The fourth-order valence-corrected chi connectivity index (χ4v) is 3.92. The molecule has 0 radical (unpaired) electrons. The summed E-state index contributed by atoms with van der Waals surface area (Å²) in [4.78, 5) is 12.3. The zero-order valence-corrected chi connectivity index (χ0v) is 18.0. The van der Waals surface area contributed by atoms with E-state index < -0.39 is 21.7 Å². The van der Waals surface area contributed by atoms with Gasteiger partial charge in [-0.05, 0) is 53.9 Å². The molecule has 32 heavy (non-hydrogen) atoms. The minimum atomic E-state index is -3.77. The van der Waals surface area contributed by atoms with Crippen molar-refractivity contribution in [2.45, 2.75) is 13.0 Å². The highest BCUT2D eigenvalue weighted by molar-refractivity contribution is 7.92. The van der Waals surface area contributed by atoms with Crippen molar-refractivity contribution >= 4 is 21.6 Å². The predicted molar refractivity (Wildman–Crippen MR) is 116 cm³/mol. The first-order valence-electron chi connectivity index (χ1n) is 9.68. The van der Waals surface area contributed by atoms with Crippen molar-refractivity contribution in [3.05, 3.63) is 101 Å². The molecule has 3 aromatic carbocycles. The molecule has 1 N–H and O–H groups in total. The van der Waals surface area contributed by atoms with Crippen molar-refractivity contribution in [3.8, 4) is 0 Å². The molecule has 5 nitrogen and oxygen atoms in total. The van der Waals surface area contributed by atoms with Crippen LogP contribution in [0, 0.1) is 17.5 Å². The summed E-state index contributed by atoms with van der Waals surface area (Å²) >= 11 is 0. The van der Waals surface area contributed by atoms with Crippen LogP contribution in [0.2, 0.25) is 0 Å². The molecule has 1 amide bonds. The molecule has 0 fully saturated rings. The number of sulfonamides is 1. The number of carbonyl (C=O) groups is 1. The Hall–Kier alpha value is -3.33. The molecule has 0 atom stereocenters. The van der Waals surface area contributed by atoms with Crippen LogP contribution in [0.1, 0.15) is 21.5 Å². The van der Waals surface area contributed by atoms with E-state index in [9.17, 15) is 26.4 Å². The maximum Gasteiger partial charge on any atom is 0.251 e. The van der Waals surface area contributed by atoms with Crippen molar-refractivity contribution in [1.82, 2.24) is 5.32 Å². The van der Waals surface area contributed by atoms with E-state index in [4.69, 9.17) is 0 Å². The maximum absolute atomic E-state index is 13.6. The smallest absolute Gasteiger partial charge is 0.251 e. The van der Waals surface area contributed by atoms with Gasteiger partial charge in [0, 0.05) is 18.2 Å². The molecular weight excluding hydrogens is 441 g/mol. The van der Waals surface area contributed by atoms with Crippen molar-refractivity contribution < 1.29 is 26.4 Å². The normalized spacial score (nSPS) is 11.2. The topological polar surface area (TPSA) is 66.5 Å². The number of amides is 1. The Bertz CT molecular complexity index is 1200. The Balaban J connectivity index is 1.64. The molecule has 0 bridgehead atoms. The number of carbonyl (C=O) groups excluding carboxylic acids is 1. The second-order valence-corrected chi connectivity index (χ2v) is 9.10. The molecule has 0 saturated carbocycles. The Morgan fingerprint density at radius 3 is 2.09 bits per heavy atom. The lowest BCUT2D eigenvalue weighted by Crippen LogP contribution is -2.29. The lowest BCUT2D eigenvalue weighted by atomic mass is 10.1. The molecule has 0 saturated heterocycles. The molecule has 0 aliphatic rings. The number of anilines is 1. The molecule has 0 aliphatic carbocycles. The highest BCUT2D eigenvalue weighted by Crippen LogP contribution is 2.23. The van der Waals surface area contributed by atoms with Crippen molar-refractivity contribution in [3.63, 3.8) is 0 Å². The number of nitrogens with one attached hydrogen (secondary N) is 1. The molecule has 9 heteroatoms. The van der Waals surface area contributed by atoms with Gasteiger partial charge in [0.05, 0.1) is 18.5 Å². The van der Waals surface area contributed by atoms with Crippen molar-refractivity contribution in [2.24, 2.45) is 0 Å². The van der Waals surface area contributed by atoms with Crippen LogP contribution in [0.15, 0.2) is 66.7 Å². The number of hydrogen-bond acceptors (Lipinski definition) is 3. The summed E-state index contributed by atoms with van der Waals surface area (Å²) in [6.45, 7) is 0.251. The van der Waals surface area contributed by atoms with E-state index in [0.717, 1.165) is 28.3 Å². The average molecular weight is 462 g/mol. The first-order chi connectivity index (χ1) is 15.1. The van der Waals surface area contributed by atoms with E-state index in [0.29, 0.717) is 24.1 Å². The molecular formula is C23H21F3N2O3S. The number of benzene rings is 3. The number of hydrogen-bond donors (Lipinski definition) is 1. The second kappa shape index (κ2) is 9.86. The minimum absolute atomic E-state index is 0.00554. The highest BCUT2D eigenvalue weighted by atomic mass is 32.2. The molecule has 3 rings (SSSR count). The molecule has 0 unspecified atom stereocenters. The minimum Gasteiger partial charge on any atom is -0.352 e. The Morgan fingerprint density at radius 2 is 1.50 bits per heavy atom. The number of rotatable bonds is 8. The SMILES string of the molecule is CS(=O)(=O)N(Cc1ccc(C(=O)NCCc2ccc(F)cc2)cc1)c1ccc(F)c(F)c1. The summed E-state index contributed by atoms with van der Waals surface area (Å²) < 4.78 is 65.0. The summed E-state index contributed by atoms with van der Waals surface area (Å²) in [5.41, 5.74) is 1.82. The van der Waals surface area contributed by atoms with Gasteiger partial charge in [0.15, 0.2) is 11.6 Å². The highest BCUT2D eigenvalue weighted by Gasteiger charge is 2.19. The van der Waals surface area contributed by atoms with Gasteiger partial charge in [0.2, 0.25) is 10.0 Å². The second-order valence-electron chi connectivity index (χ2n) is 7.20. The third-order valence-electron chi connectivity index (χ3n) is 4.75. The first-order valence-corrected chi connectivity index (χ1v) is 11.5. The van der Waals surface area contributed by atoms with E-state index in [1.165, 1.54) is 18.2 Å². The van der Waals surface area contributed by atoms with Crippen LogP contribution in [0.25, 0.3) is 0 Å². The van der Waals surface area contributed by atoms with E-state index in [1.807, 2.05) is 0 Å². The van der Waals surface area contributed by atoms with Crippen LogP contribution in [-0.4, -0.2) is 27.1 Å². The zero-order chi connectivity index (χ0) is 23.3. The number of nitrogens with zero attached hydrogens (tertiary/aromatic N) is 1. The van der Waals surface area contributed by atoms with Crippen LogP contribution in [-0.2, 0) is 23.0 Å². The van der Waals surface area contributed by atoms with Crippen LogP contribution in [0.5, 0.6) is 0 Å². The van der Waals surface area contributed by atoms with E-state index in [-0.39, 0.29) is 24.0 Å². The van der Waals surface area contributed by atoms with Crippen LogP contribution < -0.4 is 9.62 Å². The van der Waals surface area contributed by atoms with Gasteiger partial charge >= 0.3 is 0 Å². The van der Waals surface area contributed by atoms with E-state index in [2.05, 4.69) is 5.32 Å². The average Bonchev–Trinajstić information content (AvgIpc) is 2.75. The fourth-order valence-electron chi connectivity index (χ4n) is 3.04. The summed E-state index contributed by atoms with van der Waals surface area (Å²) in [6.07, 6.45) is 1.51. The van der Waals surface area contributed by atoms with Gasteiger partial charge < -0.3 is 5.32 Å². The molecule has 3 aromatic rings. The lowest BCUT2D eigenvalue weighted by molar-refractivity contribution is 0.0954. The lowest BCUT2D eigenvalue weighted by Gasteiger charge is -2.22. The van der Waals surface area contributed by atoms with E-state index >= 15 is 0 Å². The Labute approximate surface area is 184 Å². The standard InChI is InChI=1S/C23H21F3N2O3S/c1-32(30,31)28(20-10-11-21(25)22(26)14-20)15-17-2-6-18(7-3-17)23(29)27-13-12-16-4-8-19(24)9-5-16/h2-11,14H,12-13,15H2,1H3,(H,27,29). The largest absolute Gasteiger partial charge is 0.352 e. The monoisotopic (exact) mass is 462 g/mol. The van der Waals surface area contributed by atoms with Crippen LogP contribution in [0.4, 0.5) is 18.9 Å². The van der Waals surface area contributed by atoms with Gasteiger partial charge in [0.1, 0.15) is 5.82 Å². The maximum atomic E-state index is 13.6. The Morgan fingerprint density at radius 1 is 0.875 bits per heavy atom. The zero-order valence-electron chi connectivity index (χ0n) is 17.2. The predicted octanol–water partition coefficient (Wildman–Crippen LogP) is 4.04. The van der Waals surface area contributed by atoms with Gasteiger partial charge in [-0.2, -0.15) is 0 Å². The van der Waals surface area contributed by atoms with Crippen molar-refractivity contribution in [1.29, 1.82) is 0 Å². The van der Waals surface area contributed by atoms with Crippen LogP contribution >= 0.6 is 0 Å². The Kier molecular flexibility index (Phi) is 7.19. The molecule has 0 aromatic heterocycles. The van der Waals surface area contributed by atoms with Gasteiger partial charge in [0.25, 0.3) is 5.91 Å².